The van der Waals surface area contributed by atoms with Crippen LogP contribution in [-0.4, -0.2) is 32.2 Å². The molecule has 1 heterocycles. The molecular weight excluding hydrogens is 274 g/mol. The summed E-state index contributed by atoms with van der Waals surface area (Å²) in [7, 11) is 1.68. The lowest BCUT2D eigenvalue weighted by molar-refractivity contribution is 0.0960. The van der Waals surface area contributed by atoms with Crippen LogP contribution in [0.25, 0.3) is 0 Å². The second kappa shape index (κ2) is 6.45. The van der Waals surface area contributed by atoms with E-state index in [1.165, 1.54) is 11.3 Å². The number of methoxy groups -OCH3 is 1. The number of hydrogen-bond donors (Lipinski definition) is 3. The molecule has 1 fully saturated rings. The normalized spacial score (nSPS) is 15.9. The maximum atomic E-state index is 12.1. The number of nitrogen functional groups attached to an aromatic ring is 1. The lowest BCUT2D eigenvalue weighted by Gasteiger charge is -2.14. The molecular formula is C14H23N3O2S. The highest BCUT2D eigenvalue weighted by Gasteiger charge is 2.33. The largest absolute Gasteiger partial charge is 0.397 e. The first-order valence-electron chi connectivity index (χ1n) is 7.04. The van der Waals surface area contributed by atoms with Gasteiger partial charge in [0.05, 0.1) is 17.3 Å². The van der Waals surface area contributed by atoms with Crippen LogP contribution in [-0.2, 0) is 4.74 Å². The summed E-state index contributed by atoms with van der Waals surface area (Å²) in [6, 6.07) is 0.192. The highest BCUT2D eigenvalue weighted by molar-refractivity contribution is 7.18. The predicted molar refractivity (Wildman–Crippen MR) is 83.7 cm³/mol. The van der Waals surface area contributed by atoms with Gasteiger partial charge >= 0.3 is 0 Å². The Balaban J connectivity index is 2.25. The van der Waals surface area contributed by atoms with E-state index >= 15 is 0 Å². The maximum Gasteiger partial charge on any atom is 0.263 e. The average molecular weight is 297 g/mol. The fourth-order valence-corrected chi connectivity index (χ4v) is 3.50. The summed E-state index contributed by atoms with van der Waals surface area (Å²) >= 11 is 1.45. The van der Waals surface area contributed by atoms with E-state index in [1.807, 2.05) is 6.92 Å². The number of rotatable bonds is 7. The van der Waals surface area contributed by atoms with E-state index < -0.39 is 0 Å². The molecule has 1 atom stereocenters. The van der Waals surface area contributed by atoms with Crippen molar-refractivity contribution in [2.24, 2.45) is 0 Å². The van der Waals surface area contributed by atoms with Crippen LogP contribution in [0.4, 0.5) is 10.7 Å². The summed E-state index contributed by atoms with van der Waals surface area (Å²) in [4.78, 5) is 12.7. The first-order chi connectivity index (χ1) is 9.58. The lowest BCUT2D eigenvalue weighted by atomic mass is 10.1. The molecule has 0 spiro atoms. The van der Waals surface area contributed by atoms with Gasteiger partial charge in [-0.05, 0) is 32.6 Å². The molecule has 1 unspecified atom stereocenters. The van der Waals surface area contributed by atoms with E-state index in [0.29, 0.717) is 29.6 Å². The summed E-state index contributed by atoms with van der Waals surface area (Å²) < 4.78 is 5.15. The molecule has 20 heavy (non-hydrogen) atoms. The summed E-state index contributed by atoms with van der Waals surface area (Å²) in [6.07, 6.45) is 2.31. The maximum absolute atomic E-state index is 12.1. The second-order valence-corrected chi connectivity index (χ2v) is 6.24. The Bertz CT molecular complexity index is 483. The number of thiophene rings is 1. The zero-order valence-corrected chi connectivity index (χ0v) is 13.1. The van der Waals surface area contributed by atoms with Gasteiger partial charge in [-0.25, -0.2) is 0 Å². The molecule has 1 aromatic rings. The van der Waals surface area contributed by atoms with Gasteiger partial charge in [-0.1, -0.05) is 0 Å². The molecule has 0 radical (unpaired) electrons. The van der Waals surface area contributed by atoms with Gasteiger partial charge in [-0.3, -0.25) is 4.79 Å². The van der Waals surface area contributed by atoms with Gasteiger partial charge in [0.1, 0.15) is 4.88 Å². The van der Waals surface area contributed by atoms with E-state index in [9.17, 15) is 4.79 Å². The quantitative estimate of drug-likeness (QED) is 0.722. The topological polar surface area (TPSA) is 76.4 Å². The van der Waals surface area contributed by atoms with Crippen molar-refractivity contribution >= 4 is 27.9 Å². The third-order valence-corrected chi connectivity index (χ3v) is 4.46. The fourth-order valence-electron chi connectivity index (χ4n) is 2.27. The van der Waals surface area contributed by atoms with Crippen molar-refractivity contribution in [1.29, 1.82) is 0 Å². The fraction of sp³-hybridized carbons (Fsp3) is 0.643. The van der Waals surface area contributed by atoms with Gasteiger partial charge in [0.15, 0.2) is 0 Å². The van der Waals surface area contributed by atoms with Crippen molar-refractivity contribution in [2.75, 3.05) is 31.3 Å². The lowest BCUT2D eigenvalue weighted by Crippen LogP contribution is -2.22. The Morgan fingerprint density at radius 1 is 1.55 bits per heavy atom. The SMILES string of the molecule is CCNC(=O)c1sc(NC(C)COC)c(C2CC2)c1N. The van der Waals surface area contributed by atoms with Crippen LogP contribution in [0.1, 0.15) is 47.8 Å². The molecule has 4 N–H and O–H groups in total. The molecule has 6 heteroatoms. The zero-order chi connectivity index (χ0) is 14.7. The summed E-state index contributed by atoms with van der Waals surface area (Å²) in [5.41, 5.74) is 7.98. The van der Waals surface area contributed by atoms with Gasteiger partial charge in [-0.2, -0.15) is 0 Å². The van der Waals surface area contributed by atoms with E-state index in [-0.39, 0.29) is 11.9 Å². The van der Waals surface area contributed by atoms with Gasteiger partial charge in [-0.15, -0.1) is 11.3 Å². The number of carbonyl (C=O) groups is 1. The van der Waals surface area contributed by atoms with Crippen LogP contribution in [0.2, 0.25) is 0 Å². The third kappa shape index (κ3) is 3.24. The van der Waals surface area contributed by atoms with Crippen LogP contribution < -0.4 is 16.4 Å². The molecule has 1 aromatic heterocycles. The Morgan fingerprint density at radius 2 is 2.25 bits per heavy atom. The molecule has 5 nitrogen and oxygen atoms in total. The first-order valence-corrected chi connectivity index (χ1v) is 7.85. The minimum atomic E-state index is -0.0793. The Morgan fingerprint density at radius 3 is 2.80 bits per heavy atom. The molecule has 2 rings (SSSR count). The van der Waals surface area contributed by atoms with Crippen LogP contribution in [0.3, 0.4) is 0 Å². The van der Waals surface area contributed by atoms with Crippen LogP contribution in [0.5, 0.6) is 0 Å². The number of carbonyl (C=O) groups excluding carboxylic acids is 1. The summed E-state index contributed by atoms with van der Waals surface area (Å²) in [5, 5.41) is 7.27. The Kier molecular flexibility index (Phi) is 4.88. The highest BCUT2D eigenvalue weighted by atomic mass is 32.1. The van der Waals surface area contributed by atoms with E-state index in [4.69, 9.17) is 10.5 Å². The molecule has 0 saturated heterocycles. The minimum absolute atomic E-state index is 0.0793. The zero-order valence-electron chi connectivity index (χ0n) is 12.3. The Hall–Kier alpha value is -1.27. The minimum Gasteiger partial charge on any atom is -0.397 e. The van der Waals surface area contributed by atoms with Gasteiger partial charge < -0.3 is 21.1 Å². The van der Waals surface area contributed by atoms with Gasteiger partial charge in [0.2, 0.25) is 0 Å². The summed E-state index contributed by atoms with van der Waals surface area (Å²) in [5.74, 6) is 0.427. The third-order valence-electron chi connectivity index (χ3n) is 3.31. The number of amides is 1. The number of ether oxygens (including phenoxy) is 1. The van der Waals surface area contributed by atoms with E-state index in [2.05, 4.69) is 17.6 Å². The van der Waals surface area contributed by atoms with Crippen molar-refractivity contribution < 1.29 is 9.53 Å². The number of anilines is 2. The van der Waals surface area contributed by atoms with E-state index in [0.717, 1.165) is 23.4 Å². The van der Waals surface area contributed by atoms with Crippen molar-refractivity contribution in [3.63, 3.8) is 0 Å². The predicted octanol–water partition coefficient (Wildman–Crippen LogP) is 2.40. The van der Waals surface area contributed by atoms with Crippen LogP contribution >= 0.6 is 11.3 Å². The number of nitrogens with two attached hydrogens (primary N) is 1. The average Bonchev–Trinajstić information content (AvgIpc) is 3.16. The van der Waals surface area contributed by atoms with E-state index in [1.54, 1.807) is 7.11 Å². The van der Waals surface area contributed by atoms with Crippen molar-refractivity contribution in [3.8, 4) is 0 Å². The van der Waals surface area contributed by atoms with Crippen LogP contribution in [0, 0.1) is 0 Å². The molecule has 112 valence electrons. The standard InChI is InChI=1S/C14H23N3O2S/c1-4-16-13(18)12-11(15)10(9-5-6-9)14(20-12)17-8(2)7-19-3/h8-9,17H,4-7,15H2,1-3H3,(H,16,18). The van der Waals surface area contributed by atoms with Crippen molar-refractivity contribution in [3.05, 3.63) is 10.4 Å². The molecule has 1 saturated carbocycles. The smallest absolute Gasteiger partial charge is 0.263 e. The number of nitrogens with one attached hydrogen (secondary N) is 2. The molecule has 0 bridgehead atoms. The van der Waals surface area contributed by atoms with Gasteiger partial charge in [0, 0.05) is 25.3 Å². The molecule has 0 aliphatic heterocycles. The molecule has 1 aliphatic rings. The Labute approximate surface area is 123 Å². The first kappa shape index (κ1) is 15.1. The molecule has 1 amide bonds. The molecule has 0 aromatic carbocycles. The van der Waals surface area contributed by atoms with Crippen molar-refractivity contribution in [1.82, 2.24) is 5.32 Å². The molecule has 1 aliphatic carbocycles. The van der Waals surface area contributed by atoms with Crippen molar-refractivity contribution in [2.45, 2.75) is 38.6 Å². The van der Waals surface area contributed by atoms with Gasteiger partial charge in [0.25, 0.3) is 5.91 Å². The monoisotopic (exact) mass is 297 g/mol. The number of hydrogen-bond acceptors (Lipinski definition) is 5. The van der Waals surface area contributed by atoms with Crippen LogP contribution in [0.15, 0.2) is 0 Å². The second-order valence-electron chi connectivity index (χ2n) is 5.22. The summed E-state index contributed by atoms with van der Waals surface area (Å²) in [6.45, 7) is 5.20. The highest BCUT2D eigenvalue weighted by Crippen LogP contribution is 2.50.